The van der Waals surface area contributed by atoms with Gasteiger partial charge in [-0.3, -0.25) is 0 Å². The molecule has 1 rings (SSSR count). The van der Waals surface area contributed by atoms with Crippen LogP contribution >= 0.6 is 0 Å². The largest absolute Gasteiger partial charge is 0.405 e. The summed E-state index contributed by atoms with van der Waals surface area (Å²) in [6.45, 7) is 2.28. The Morgan fingerprint density at radius 1 is 1.32 bits per heavy atom. The van der Waals surface area contributed by atoms with Gasteiger partial charge in [0.05, 0.1) is 5.69 Å². The number of rotatable bonds is 5. The van der Waals surface area contributed by atoms with Crippen LogP contribution < -0.4 is 10.2 Å². The molecule has 0 aliphatic rings. The molecule has 1 aromatic rings. The molecule has 0 bridgehead atoms. The van der Waals surface area contributed by atoms with Crippen molar-refractivity contribution in [2.75, 3.05) is 25.0 Å². The molecule has 1 N–H and O–H groups in total. The highest BCUT2D eigenvalue weighted by Crippen LogP contribution is 2.31. The molecule has 0 saturated heterocycles. The van der Waals surface area contributed by atoms with Crippen molar-refractivity contribution in [1.29, 1.82) is 0 Å². The van der Waals surface area contributed by atoms with Crippen LogP contribution in [0.15, 0.2) is 18.2 Å². The second-order valence-corrected chi connectivity index (χ2v) is 4.32. The summed E-state index contributed by atoms with van der Waals surface area (Å²) in [6.07, 6.45) is -4.36. The van der Waals surface area contributed by atoms with Crippen LogP contribution in [0.3, 0.4) is 0 Å². The summed E-state index contributed by atoms with van der Waals surface area (Å²) in [5, 5.41) is 2.92. The fourth-order valence-corrected chi connectivity index (χ4v) is 1.94. The number of nitrogens with one attached hydrogen (secondary N) is 1. The van der Waals surface area contributed by atoms with Gasteiger partial charge in [-0.2, -0.15) is 13.2 Å². The van der Waals surface area contributed by atoms with Crippen LogP contribution in [0, 0.1) is 5.82 Å². The molecule has 1 atom stereocenters. The van der Waals surface area contributed by atoms with Crippen LogP contribution in [0.25, 0.3) is 0 Å². The van der Waals surface area contributed by atoms with E-state index in [0.29, 0.717) is 5.56 Å². The van der Waals surface area contributed by atoms with Gasteiger partial charge in [-0.15, -0.1) is 0 Å². The van der Waals surface area contributed by atoms with Crippen molar-refractivity contribution in [3.8, 4) is 0 Å². The van der Waals surface area contributed by atoms with Crippen LogP contribution in [0.4, 0.5) is 23.2 Å². The number of nitrogens with zero attached hydrogens (tertiary/aromatic N) is 1. The first-order chi connectivity index (χ1) is 8.80. The molecular weight excluding hydrogens is 260 g/mol. The van der Waals surface area contributed by atoms with Crippen molar-refractivity contribution >= 4 is 5.69 Å². The van der Waals surface area contributed by atoms with E-state index in [1.54, 1.807) is 27.0 Å². The quantitative estimate of drug-likeness (QED) is 0.829. The number of hydrogen-bond acceptors (Lipinski definition) is 2. The predicted molar refractivity (Wildman–Crippen MR) is 67.8 cm³/mol. The summed E-state index contributed by atoms with van der Waals surface area (Å²) >= 11 is 0. The van der Waals surface area contributed by atoms with Crippen molar-refractivity contribution in [3.05, 3.63) is 29.6 Å². The van der Waals surface area contributed by atoms with Crippen molar-refractivity contribution in [1.82, 2.24) is 5.32 Å². The maximum atomic E-state index is 13.9. The molecule has 19 heavy (non-hydrogen) atoms. The van der Waals surface area contributed by atoms with Crippen LogP contribution in [-0.4, -0.2) is 26.3 Å². The van der Waals surface area contributed by atoms with E-state index in [4.69, 9.17) is 0 Å². The standard InChI is InChI=1S/C13H18F4N2/c1-4-19(8-13(15,16)17)12-10(9(2)18-3)6-5-7-11(12)14/h5-7,9,18H,4,8H2,1-3H3. The third kappa shape index (κ3) is 4.09. The fourth-order valence-electron chi connectivity index (χ4n) is 1.94. The first kappa shape index (κ1) is 15.8. The maximum Gasteiger partial charge on any atom is 0.405 e. The molecule has 1 aromatic carbocycles. The Labute approximate surface area is 110 Å². The number of benzene rings is 1. The second-order valence-electron chi connectivity index (χ2n) is 4.32. The third-order valence-electron chi connectivity index (χ3n) is 2.99. The second kappa shape index (κ2) is 6.23. The monoisotopic (exact) mass is 278 g/mol. The molecule has 0 aliphatic heterocycles. The van der Waals surface area contributed by atoms with E-state index in [1.165, 1.54) is 12.1 Å². The molecule has 0 aliphatic carbocycles. The van der Waals surface area contributed by atoms with Crippen LogP contribution in [-0.2, 0) is 0 Å². The Morgan fingerprint density at radius 3 is 2.42 bits per heavy atom. The van der Waals surface area contributed by atoms with Crippen LogP contribution in [0.1, 0.15) is 25.5 Å². The first-order valence-electron chi connectivity index (χ1n) is 6.07. The van der Waals surface area contributed by atoms with Gasteiger partial charge >= 0.3 is 6.18 Å². The highest BCUT2D eigenvalue weighted by atomic mass is 19.4. The molecule has 0 spiro atoms. The van der Waals surface area contributed by atoms with Crippen molar-refractivity contribution < 1.29 is 17.6 Å². The van der Waals surface area contributed by atoms with Gasteiger partial charge in [-0.05, 0) is 32.5 Å². The molecule has 0 radical (unpaired) electrons. The Hall–Kier alpha value is -1.30. The zero-order valence-corrected chi connectivity index (χ0v) is 11.2. The topological polar surface area (TPSA) is 15.3 Å². The van der Waals surface area contributed by atoms with Gasteiger partial charge < -0.3 is 10.2 Å². The van der Waals surface area contributed by atoms with Gasteiger partial charge in [-0.1, -0.05) is 12.1 Å². The molecule has 6 heteroatoms. The molecule has 0 aromatic heterocycles. The van der Waals surface area contributed by atoms with E-state index in [1.807, 2.05) is 0 Å². The van der Waals surface area contributed by atoms with Gasteiger partial charge in [0.1, 0.15) is 12.4 Å². The lowest BCUT2D eigenvalue weighted by atomic mass is 10.0. The third-order valence-corrected chi connectivity index (χ3v) is 2.99. The summed E-state index contributed by atoms with van der Waals surface area (Å²) in [7, 11) is 1.68. The summed E-state index contributed by atoms with van der Waals surface area (Å²) in [4.78, 5) is 1.01. The normalized spacial score (nSPS) is 13.4. The lowest BCUT2D eigenvalue weighted by molar-refractivity contribution is -0.119. The highest BCUT2D eigenvalue weighted by molar-refractivity contribution is 5.56. The molecule has 2 nitrogen and oxygen atoms in total. The average Bonchev–Trinajstić information content (AvgIpc) is 2.34. The van der Waals surface area contributed by atoms with E-state index < -0.39 is 18.5 Å². The van der Waals surface area contributed by atoms with Gasteiger partial charge in [0.25, 0.3) is 0 Å². The Balaban J connectivity index is 3.22. The highest BCUT2D eigenvalue weighted by Gasteiger charge is 2.32. The van der Waals surface area contributed by atoms with Gasteiger partial charge in [0.15, 0.2) is 0 Å². The Kier molecular flexibility index (Phi) is 5.17. The lowest BCUT2D eigenvalue weighted by Crippen LogP contribution is -2.36. The summed E-state index contributed by atoms with van der Waals surface area (Å²) in [5.41, 5.74) is 0.540. The Bertz CT molecular complexity index is 418. The van der Waals surface area contributed by atoms with Crippen LogP contribution in [0.5, 0.6) is 0 Å². The fraction of sp³-hybridized carbons (Fsp3) is 0.538. The molecule has 1 unspecified atom stereocenters. The summed E-state index contributed by atoms with van der Waals surface area (Å²) in [5.74, 6) is -0.634. The summed E-state index contributed by atoms with van der Waals surface area (Å²) < 4.78 is 51.6. The van der Waals surface area contributed by atoms with Crippen molar-refractivity contribution in [3.63, 3.8) is 0 Å². The molecule has 0 heterocycles. The molecular formula is C13H18F4N2. The first-order valence-corrected chi connectivity index (χ1v) is 6.07. The Morgan fingerprint density at radius 2 is 1.95 bits per heavy atom. The van der Waals surface area contributed by atoms with E-state index in [9.17, 15) is 17.6 Å². The van der Waals surface area contributed by atoms with Gasteiger partial charge in [0, 0.05) is 12.6 Å². The predicted octanol–water partition coefficient (Wildman–Crippen LogP) is 3.49. The average molecular weight is 278 g/mol. The minimum Gasteiger partial charge on any atom is -0.360 e. The minimum absolute atomic E-state index is 0.0178. The smallest absolute Gasteiger partial charge is 0.360 e. The van der Waals surface area contributed by atoms with Gasteiger partial charge in [-0.25, -0.2) is 4.39 Å². The van der Waals surface area contributed by atoms with E-state index >= 15 is 0 Å². The minimum atomic E-state index is -4.36. The molecule has 0 amide bonds. The van der Waals surface area contributed by atoms with E-state index in [2.05, 4.69) is 5.32 Å². The number of para-hydroxylation sites is 1. The van der Waals surface area contributed by atoms with Gasteiger partial charge in [0.2, 0.25) is 0 Å². The van der Waals surface area contributed by atoms with Crippen LogP contribution in [0.2, 0.25) is 0 Å². The maximum absolute atomic E-state index is 13.9. The zero-order chi connectivity index (χ0) is 14.6. The molecule has 0 saturated carbocycles. The number of alkyl halides is 3. The van der Waals surface area contributed by atoms with Crippen molar-refractivity contribution in [2.24, 2.45) is 0 Å². The number of anilines is 1. The SMILES string of the molecule is CCN(CC(F)(F)F)c1c(F)cccc1C(C)NC. The van der Waals surface area contributed by atoms with E-state index in [0.717, 1.165) is 4.90 Å². The molecule has 108 valence electrons. The summed E-state index contributed by atoms with van der Waals surface area (Å²) in [6, 6.07) is 4.09. The van der Waals surface area contributed by atoms with E-state index in [-0.39, 0.29) is 18.3 Å². The number of halogens is 4. The lowest BCUT2D eigenvalue weighted by Gasteiger charge is -2.28. The van der Waals surface area contributed by atoms with Crippen molar-refractivity contribution in [2.45, 2.75) is 26.1 Å². The zero-order valence-electron chi connectivity index (χ0n) is 11.2. The number of hydrogen-bond donors (Lipinski definition) is 1. The molecule has 0 fully saturated rings.